The quantitative estimate of drug-likeness (QED) is 0.829. The largest absolute Gasteiger partial charge is 0.497 e. The average Bonchev–Trinajstić information content (AvgIpc) is 2.35. The number of aromatic nitrogens is 1. The molecule has 0 fully saturated rings. The molecule has 17 heavy (non-hydrogen) atoms. The molecule has 0 saturated carbocycles. The summed E-state index contributed by atoms with van der Waals surface area (Å²) in [7, 11) is 1.55. The third-order valence-electron chi connectivity index (χ3n) is 2.14. The third kappa shape index (κ3) is 2.63. The molecule has 2 N–H and O–H groups in total. The van der Waals surface area contributed by atoms with Crippen LogP contribution in [0.3, 0.4) is 0 Å². The van der Waals surface area contributed by atoms with Crippen LogP contribution in [0, 0.1) is 5.82 Å². The summed E-state index contributed by atoms with van der Waals surface area (Å²) < 4.78 is 23.1. The van der Waals surface area contributed by atoms with Crippen molar-refractivity contribution in [3.63, 3.8) is 0 Å². The van der Waals surface area contributed by atoms with E-state index in [9.17, 15) is 4.39 Å². The lowest BCUT2D eigenvalue weighted by atomic mass is 10.3. The SMILES string of the molecule is COc1ccc(N)c(Oc2ccc(F)cn2)c1. The van der Waals surface area contributed by atoms with Gasteiger partial charge in [-0.25, -0.2) is 9.37 Å². The van der Waals surface area contributed by atoms with Crippen molar-refractivity contribution in [2.75, 3.05) is 12.8 Å². The molecule has 88 valence electrons. The first-order valence-electron chi connectivity index (χ1n) is 4.92. The number of ether oxygens (including phenoxy) is 2. The van der Waals surface area contributed by atoms with Gasteiger partial charge in [-0.1, -0.05) is 0 Å². The number of nitrogens with two attached hydrogens (primary N) is 1. The van der Waals surface area contributed by atoms with E-state index in [1.807, 2.05) is 0 Å². The topological polar surface area (TPSA) is 57.4 Å². The summed E-state index contributed by atoms with van der Waals surface area (Å²) in [4.78, 5) is 3.78. The summed E-state index contributed by atoms with van der Waals surface area (Å²) in [5.41, 5.74) is 6.19. The molecule has 0 aliphatic carbocycles. The van der Waals surface area contributed by atoms with Crippen molar-refractivity contribution in [1.82, 2.24) is 4.98 Å². The van der Waals surface area contributed by atoms with Gasteiger partial charge in [-0.05, 0) is 18.2 Å². The lowest BCUT2D eigenvalue weighted by molar-refractivity contribution is 0.407. The molecule has 0 radical (unpaired) electrons. The molecule has 0 amide bonds. The zero-order valence-electron chi connectivity index (χ0n) is 9.18. The predicted molar refractivity (Wildman–Crippen MR) is 61.7 cm³/mol. The molecule has 2 aromatic rings. The van der Waals surface area contributed by atoms with Crippen LogP contribution in [0.15, 0.2) is 36.5 Å². The molecule has 2 rings (SSSR count). The van der Waals surface area contributed by atoms with Gasteiger partial charge in [-0.3, -0.25) is 0 Å². The van der Waals surface area contributed by atoms with E-state index in [-0.39, 0.29) is 5.88 Å². The first-order chi connectivity index (χ1) is 8.19. The van der Waals surface area contributed by atoms with Crippen LogP contribution >= 0.6 is 0 Å². The normalized spacial score (nSPS) is 10.0. The Labute approximate surface area is 97.8 Å². The van der Waals surface area contributed by atoms with E-state index in [1.54, 1.807) is 25.3 Å². The van der Waals surface area contributed by atoms with E-state index in [0.29, 0.717) is 17.2 Å². The maximum absolute atomic E-state index is 12.7. The van der Waals surface area contributed by atoms with Crippen LogP contribution < -0.4 is 15.2 Å². The lowest BCUT2D eigenvalue weighted by Crippen LogP contribution is -1.94. The highest BCUT2D eigenvalue weighted by atomic mass is 19.1. The van der Waals surface area contributed by atoms with Crippen LogP contribution in [-0.2, 0) is 0 Å². The maximum atomic E-state index is 12.7. The van der Waals surface area contributed by atoms with Crippen molar-refractivity contribution in [3.8, 4) is 17.4 Å². The van der Waals surface area contributed by atoms with Gasteiger partial charge in [0.15, 0.2) is 5.75 Å². The smallest absolute Gasteiger partial charge is 0.219 e. The molecule has 1 aromatic carbocycles. The zero-order valence-corrected chi connectivity index (χ0v) is 9.18. The summed E-state index contributed by atoms with van der Waals surface area (Å²) in [5, 5.41) is 0. The molecular formula is C12H11FN2O2. The number of halogens is 1. The molecule has 1 aromatic heterocycles. The number of nitrogen functional groups attached to an aromatic ring is 1. The summed E-state index contributed by atoms with van der Waals surface area (Å²) >= 11 is 0. The van der Waals surface area contributed by atoms with Gasteiger partial charge in [0.05, 0.1) is 19.0 Å². The van der Waals surface area contributed by atoms with E-state index >= 15 is 0 Å². The lowest BCUT2D eigenvalue weighted by Gasteiger charge is -2.08. The second-order valence-electron chi connectivity index (χ2n) is 3.32. The van der Waals surface area contributed by atoms with Gasteiger partial charge >= 0.3 is 0 Å². The van der Waals surface area contributed by atoms with E-state index in [1.165, 1.54) is 12.1 Å². The number of methoxy groups -OCH3 is 1. The number of hydrogen-bond acceptors (Lipinski definition) is 4. The number of nitrogens with zero attached hydrogens (tertiary/aromatic N) is 1. The summed E-state index contributed by atoms with van der Waals surface area (Å²) in [6.45, 7) is 0. The fourth-order valence-corrected chi connectivity index (χ4v) is 1.27. The first kappa shape index (κ1) is 11.2. The maximum Gasteiger partial charge on any atom is 0.219 e. The van der Waals surface area contributed by atoms with E-state index in [4.69, 9.17) is 15.2 Å². The minimum Gasteiger partial charge on any atom is -0.497 e. The molecule has 0 spiro atoms. The van der Waals surface area contributed by atoms with Crippen molar-refractivity contribution in [2.45, 2.75) is 0 Å². The van der Waals surface area contributed by atoms with Crippen LogP contribution in [0.5, 0.6) is 17.4 Å². The monoisotopic (exact) mass is 234 g/mol. The number of rotatable bonds is 3. The Morgan fingerprint density at radius 2 is 2.06 bits per heavy atom. The standard InChI is InChI=1S/C12H11FN2O2/c1-16-9-3-4-10(14)11(6-9)17-12-5-2-8(13)7-15-12/h2-7H,14H2,1H3. The van der Waals surface area contributed by atoms with Gasteiger partial charge in [0.25, 0.3) is 0 Å². The molecule has 5 heteroatoms. The molecule has 0 aliphatic heterocycles. The van der Waals surface area contributed by atoms with Crippen LogP contribution in [0.4, 0.5) is 10.1 Å². The Hall–Kier alpha value is -2.30. The van der Waals surface area contributed by atoms with Gasteiger partial charge in [-0.2, -0.15) is 0 Å². The Balaban J connectivity index is 2.25. The van der Waals surface area contributed by atoms with Crippen LogP contribution in [-0.4, -0.2) is 12.1 Å². The van der Waals surface area contributed by atoms with E-state index in [0.717, 1.165) is 6.20 Å². The molecule has 0 bridgehead atoms. The van der Waals surface area contributed by atoms with Crippen LogP contribution in [0.2, 0.25) is 0 Å². The van der Waals surface area contributed by atoms with Crippen molar-refractivity contribution in [1.29, 1.82) is 0 Å². The molecule has 4 nitrogen and oxygen atoms in total. The average molecular weight is 234 g/mol. The Morgan fingerprint density at radius 1 is 1.24 bits per heavy atom. The van der Waals surface area contributed by atoms with Crippen molar-refractivity contribution in [3.05, 3.63) is 42.3 Å². The van der Waals surface area contributed by atoms with Gasteiger partial charge in [0, 0.05) is 12.1 Å². The zero-order chi connectivity index (χ0) is 12.3. The summed E-state index contributed by atoms with van der Waals surface area (Å²) in [6, 6.07) is 7.71. The first-order valence-corrected chi connectivity index (χ1v) is 4.92. The van der Waals surface area contributed by atoms with Crippen LogP contribution in [0.25, 0.3) is 0 Å². The third-order valence-corrected chi connectivity index (χ3v) is 2.14. The number of hydrogen-bond donors (Lipinski definition) is 1. The summed E-state index contributed by atoms with van der Waals surface area (Å²) in [5.74, 6) is 0.891. The highest BCUT2D eigenvalue weighted by Gasteiger charge is 2.05. The second kappa shape index (κ2) is 4.69. The predicted octanol–water partition coefficient (Wildman–Crippen LogP) is 2.60. The van der Waals surface area contributed by atoms with Crippen molar-refractivity contribution in [2.24, 2.45) is 0 Å². The highest BCUT2D eigenvalue weighted by molar-refractivity contribution is 5.56. The molecule has 0 atom stereocenters. The minimum atomic E-state index is -0.420. The van der Waals surface area contributed by atoms with E-state index < -0.39 is 5.82 Å². The Bertz CT molecular complexity index is 514. The van der Waals surface area contributed by atoms with Gasteiger partial charge in [0.2, 0.25) is 5.88 Å². The second-order valence-corrected chi connectivity index (χ2v) is 3.32. The fraction of sp³-hybridized carbons (Fsp3) is 0.0833. The molecule has 0 saturated heterocycles. The van der Waals surface area contributed by atoms with Gasteiger partial charge in [-0.15, -0.1) is 0 Å². The molecule has 1 heterocycles. The molecular weight excluding hydrogens is 223 g/mol. The minimum absolute atomic E-state index is 0.270. The fourth-order valence-electron chi connectivity index (χ4n) is 1.27. The number of benzene rings is 1. The van der Waals surface area contributed by atoms with Crippen molar-refractivity contribution >= 4 is 5.69 Å². The van der Waals surface area contributed by atoms with Gasteiger partial charge < -0.3 is 15.2 Å². The van der Waals surface area contributed by atoms with Gasteiger partial charge in [0.1, 0.15) is 11.6 Å². The molecule has 0 unspecified atom stereocenters. The highest BCUT2D eigenvalue weighted by Crippen LogP contribution is 2.30. The number of anilines is 1. The van der Waals surface area contributed by atoms with E-state index in [2.05, 4.69) is 4.98 Å². The summed E-state index contributed by atoms with van der Waals surface area (Å²) in [6.07, 6.45) is 1.08. The van der Waals surface area contributed by atoms with Crippen molar-refractivity contribution < 1.29 is 13.9 Å². The molecule has 0 aliphatic rings. The Morgan fingerprint density at radius 3 is 2.71 bits per heavy atom. The number of pyridine rings is 1. The Kier molecular flexibility index (Phi) is 3.09. The van der Waals surface area contributed by atoms with Crippen LogP contribution in [0.1, 0.15) is 0 Å².